The smallest absolute Gasteiger partial charge is 0.241 e. The average molecular weight is 150 g/mol. The Bertz CT molecular complexity index is 338. The standard InChI is InChI=1S/C6H4N3O2/c1-4-8-6(9-10-4)5-2-3-7-11-5/h2H,1H3. The molecule has 2 aromatic heterocycles. The van der Waals surface area contributed by atoms with E-state index < -0.39 is 0 Å². The predicted octanol–water partition coefficient (Wildman–Crippen LogP) is 0.833. The van der Waals surface area contributed by atoms with E-state index in [0.29, 0.717) is 17.5 Å². The van der Waals surface area contributed by atoms with Crippen molar-refractivity contribution in [2.75, 3.05) is 0 Å². The van der Waals surface area contributed by atoms with Gasteiger partial charge in [-0.2, -0.15) is 4.98 Å². The largest absolute Gasteiger partial charge is 0.352 e. The van der Waals surface area contributed by atoms with Crippen molar-refractivity contribution in [3.8, 4) is 11.6 Å². The van der Waals surface area contributed by atoms with Gasteiger partial charge in [0.05, 0.1) is 0 Å². The third kappa shape index (κ3) is 1.000. The molecule has 0 amide bonds. The first-order valence-corrected chi connectivity index (χ1v) is 3.00. The van der Waals surface area contributed by atoms with Crippen molar-refractivity contribution in [2.24, 2.45) is 0 Å². The molecule has 0 fully saturated rings. The number of aryl methyl sites for hydroxylation is 1. The Balaban J connectivity index is 2.45. The van der Waals surface area contributed by atoms with Gasteiger partial charge in [0.1, 0.15) is 6.20 Å². The third-order valence-electron chi connectivity index (χ3n) is 1.14. The van der Waals surface area contributed by atoms with Crippen molar-refractivity contribution in [3.05, 3.63) is 18.2 Å². The Morgan fingerprint density at radius 1 is 1.45 bits per heavy atom. The molecule has 2 heterocycles. The van der Waals surface area contributed by atoms with Crippen LogP contribution in [0.2, 0.25) is 0 Å². The van der Waals surface area contributed by atoms with Crippen LogP contribution in [0.5, 0.6) is 0 Å². The van der Waals surface area contributed by atoms with E-state index in [4.69, 9.17) is 9.05 Å². The van der Waals surface area contributed by atoms with Crippen molar-refractivity contribution in [1.82, 2.24) is 15.3 Å². The van der Waals surface area contributed by atoms with E-state index in [9.17, 15) is 0 Å². The molecule has 1 radical (unpaired) electrons. The lowest BCUT2D eigenvalue weighted by Crippen LogP contribution is -1.75. The summed E-state index contributed by atoms with van der Waals surface area (Å²) in [5.74, 6) is 1.36. The number of hydrogen-bond acceptors (Lipinski definition) is 5. The van der Waals surface area contributed by atoms with Crippen LogP contribution in [0.25, 0.3) is 11.6 Å². The summed E-state index contributed by atoms with van der Waals surface area (Å²) < 4.78 is 9.47. The molecule has 0 bridgehead atoms. The van der Waals surface area contributed by atoms with Crippen LogP contribution in [-0.4, -0.2) is 15.3 Å². The first kappa shape index (κ1) is 6.09. The van der Waals surface area contributed by atoms with E-state index in [0.717, 1.165) is 0 Å². The van der Waals surface area contributed by atoms with Gasteiger partial charge in [-0.05, 0) is 0 Å². The third-order valence-corrected chi connectivity index (χ3v) is 1.14. The molecule has 55 valence electrons. The summed E-state index contributed by atoms with van der Waals surface area (Å²) in [6, 6.07) is 1.55. The fraction of sp³-hybridized carbons (Fsp3) is 0.167. The summed E-state index contributed by atoms with van der Waals surface area (Å²) in [6.07, 6.45) is 2.50. The Morgan fingerprint density at radius 3 is 2.91 bits per heavy atom. The second-order valence-electron chi connectivity index (χ2n) is 1.96. The lowest BCUT2D eigenvalue weighted by atomic mass is 10.4. The zero-order valence-electron chi connectivity index (χ0n) is 5.74. The van der Waals surface area contributed by atoms with Gasteiger partial charge in [0, 0.05) is 13.0 Å². The van der Waals surface area contributed by atoms with Gasteiger partial charge in [-0.25, -0.2) is 0 Å². The highest BCUT2D eigenvalue weighted by Crippen LogP contribution is 2.12. The van der Waals surface area contributed by atoms with Crippen molar-refractivity contribution in [3.63, 3.8) is 0 Å². The topological polar surface area (TPSA) is 65.0 Å². The highest BCUT2D eigenvalue weighted by molar-refractivity contribution is 5.43. The Kier molecular flexibility index (Phi) is 1.21. The minimum absolute atomic E-state index is 0.399. The monoisotopic (exact) mass is 150 g/mol. The van der Waals surface area contributed by atoms with E-state index in [1.54, 1.807) is 13.0 Å². The highest BCUT2D eigenvalue weighted by Gasteiger charge is 2.08. The molecule has 0 saturated carbocycles. The molecule has 0 N–H and O–H groups in total. The molecule has 0 unspecified atom stereocenters. The average Bonchev–Trinajstić information content (AvgIpc) is 2.55. The summed E-state index contributed by atoms with van der Waals surface area (Å²) in [6.45, 7) is 1.70. The van der Waals surface area contributed by atoms with Crippen LogP contribution < -0.4 is 0 Å². The van der Waals surface area contributed by atoms with E-state index in [1.807, 2.05) is 0 Å². The number of hydrogen-bond donors (Lipinski definition) is 0. The van der Waals surface area contributed by atoms with Gasteiger partial charge in [-0.3, -0.25) is 0 Å². The first-order chi connectivity index (χ1) is 5.36. The van der Waals surface area contributed by atoms with Gasteiger partial charge in [0.2, 0.25) is 17.5 Å². The molecule has 5 nitrogen and oxygen atoms in total. The normalized spacial score (nSPS) is 10.3. The Hall–Kier alpha value is -1.65. The molecule has 2 aromatic rings. The maximum atomic E-state index is 4.74. The van der Waals surface area contributed by atoms with E-state index in [-0.39, 0.29) is 0 Å². The van der Waals surface area contributed by atoms with E-state index >= 15 is 0 Å². The lowest BCUT2D eigenvalue weighted by molar-refractivity contribution is 0.388. The van der Waals surface area contributed by atoms with Crippen molar-refractivity contribution in [1.29, 1.82) is 0 Å². The molecule has 0 saturated heterocycles. The quantitative estimate of drug-likeness (QED) is 0.602. The second kappa shape index (κ2) is 2.19. The first-order valence-electron chi connectivity index (χ1n) is 3.00. The Labute approximate surface area is 62.0 Å². The SMILES string of the molecule is Cc1nc(-c2c[c]no2)no1. The molecule has 0 aliphatic rings. The van der Waals surface area contributed by atoms with Crippen LogP contribution in [0.15, 0.2) is 15.1 Å². The molecular formula is C6H4N3O2. The maximum Gasteiger partial charge on any atom is 0.241 e. The summed E-state index contributed by atoms with van der Waals surface area (Å²) in [5, 5.41) is 7.00. The van der Waals surface area contributed by atoms with Crippen LogP contribution >= 0.6 is 0 Å². The fourth-order valence-electron chi connectivity index (χ4n) is 0.692. The van der Waals surface area contributed by atoms with Crippen molar-refractivity contribution in [2.45, 2.75) is 6.92 Å². The molecule has 0 spiro atoms. The predicted molar refractivity (Wildman–Crippen MR) is 33.4 cm³/mol. The summed E-state index contributed by atoms with van der Waals surface area (Å²) in [7, 11) is 0. The van der Waals surface area contributed by atoms with E-state index in [2.05, 4.69) is 21.5 Å². The molecule has 11 heavy (non-hydrogen) atoms. The summed E-state index contributed by atoms with van der Waals surface area (Å²) in [5.41, 5.74) is 0. The van der Waals surface area contributed by atoms with E-state index in [1.165, 1.54) is 0 Å². The minimum atomic E-state index is 0.399. The van der Waals surface area contributed by atoms with Crippen LogP contribution in [0.4, 0.5) is 0 Å². The van der Waals surface area contributed by atoms with Crippen molar-refractivity contribution >= 4 is 0 Å². The molecule has 5 heteroatoms. The zero-order chi connectivity index (χ0) is 7.68. The van der Waals surface area contributed by atoms with Gasteiger partial charge in [-0.15, -0.1) is 0 Å². The second-order valence-corrected chi connectivity index (χ2v) is 1.96. The maximum absolute atomic E-state index is 4.74. The summed E-state index contributed by atoms with van der Waals surface area (Å²) >= 11 is 0. The van der Waals surface area contributed by atoms with Gasteiger partial charge in [-0.1, -0.05) is 10.3 Å². The zero-order valence-corrected chi connectivity index (χ0v) is 5.74. The molecule has 2 rings (SSSR count). The number of rotatable bonds is 1. The van der Waals surface area contributed by atoms with Crippen LogP contribution in [-0.2, 0) is 0 Å². The van der Waals surface area contributed by atoms with Crippen LogP contribution in [0.3, 0.4) is 0 Å². The molecule has 0 aromatic carbocycles. The number of aromatic nitrogens is 3. The Morgan fingerprint density at radius 2 is 2.36 bits per heavy atom. The highest BCUT2D eigenvalue weighted by atomic mass is 16.5. The van der Waals surface area contributed by atoms with Gasteiger partial charge in [0.15, 0.2) is 0 Å². The van der Waals surface area contributed by atoms with Crippen molar-refractivity contribution < 1.29 is 9.05 Å². The lowest BCUT2D eigenvalue weighted by Gasteiger charge is -1.78. The van der Waals surface area contributed by atoms with Gasteiger partial charge < -0.3 is 9.05 Å². The summed E-state index contributed by atoms with van der Waals surface area (Å²) in [4.78, 5) is 3.92. The minimum Gasteiger partial charge on any atom is -0.352 e. The van der Waals surface area contributed by atoms with Crippen LogP contribution in [0.1, 0.15) is 5.89 Å². The van der Waals surface area contributed by atoms with Gasteiger partial charge >= 0.3 is 0 Å². The molecular weight excluding hydrogens is 146 g/mol. The fourth-order valence-corrected chi connectivity index (χ4v) is 0.692. The van der Waals surface area contributed by atoms with Crippen LogP contribution in [0, 0.1) is 13.1 Å². The molecule has 0 atom stereocenters. The van der Waals surface area contributed by atoms with Gasteiger partial charge in [0.25, 0.3) is 0 Å². The molecule has 0 aliphatic carbocycles. The number of nitrogens with zero attached hydrogens (tertiary/aromatic N) is 3. The molecule has 0 aliphatic heterocycles.